The lowest BCUT2D eigenvalue weighted by atomic mass is 10.1. The van der Waals surface area contributed by atoms with E-state index in [1.165, 1.54) is 0 Å². The van der Waals surface area contributed by atoms with Crippen LogP contribution in [0.25, 0.3) is 11.1 Å². The van der Waals surface area contributed by atoms with Gasteiger partial charge in [0.15, 0.2) is 0 Å². The molecule has 0 aliphatic rings. The number of halogens is 2. The SMILES string of the molecule is Nc1ncc(-c2ccccc2Cl)c(Cl)n1. The summed E-state index contributed by atoms with van der Waals surface area (Å²) >= 11 is 12.0. The zero-order chi connectivity index (χ0) is 10.8. The summed E-state index contributed by atoms with van der Waals surface area (Å²) in [7, 11) is 0. The molecule has 2 rings (SSSR count). The fraction of sp³-hybridized carbons (Fsp3) is 0. The summed E-state index contributed by atoms with van der Waals surface area (Å²) in [5.74, 6) is 0.149. The summed E-state index contributed by atoms with van der Waals surface area (Å²) in [6, 6.07) is 7.35. The molecule has 0 radical (unpaired) electrons. The van der Waals surface area contributed by atoms with E-state index in [1.807, 2.05) is 18.2 Å². The molecule has 0 saturated heterocycles. The minimum atomic E-state index is 0.149. The highest BCUT2D eigenvalue weighted by molar-refractivity contribution is 6.35. The summed E-state index contributed by atoms with van der Waals surface area (Å²) in [6.45, 7) is 0. The Morgan fingerprint density at radius 1 is 1.07 bits per heavy atom. The highest BCUT2D eigenvalue weighted by atomic mass is 35.5. The molecule has 0 bridgehead atoms. The molecule has 1 aromatic carbocycles. The van der Waals surface area contributed by atoms with E-state index in [0.717, 1.165) is 5.56 Å². The van der Waals surface area contributed by atoms with Crippen molar-refractivity contribution in [3.05, 3.63) is 40.6 Å². The van der Waals surface area contributed by atoms with Gasteiger partial charge in [0.25, 0.3) is 0 Å². The molecular weight excluding hydrogens is 233 g/mol. The van der Waals surface area contributed by atoms with Crippen LogP contribution in [0, 0.1) is 0 Å². The molecule has 1 aromatic heterocycles. The summed E-state index contributed by atoms with van der Waals surface area (Å²) in [4.78, 5) is 7.75. The Balaban J connectivity index is 2.60. The van der Waals surface area contributed by atoms with E-state index >= 15 is 0 Å². The van der Waals surface area contributed by atoms with Crippen molar-refractivity contribution in [2.45, 2.75) is 0 Å². The maximum absolute atomic E-state index is 6.03. The fourth-order valence-electron chi connectivity index (χ4n) is 1.23. The topological polar surface area (TPSA) is 51.8 Å². The van der Waals surface area contributed by atoms with Gasteiger partial charge in [-0.1, -0.05) is 41.4 Å². The van der Waals surface area contributed by atoms with Crippen molar-refractivity contribution in [1.29, 1.82) is 0 Å². The highest BCUT2D eigenvalue weighted by Crippen LogP contribution is 2.31. The molecule has 0 amide bonds. The van der Waals surface area contributed by atoms with Gasteiger partial charge in [0, 0.05) is 22.3 Å². The predicted molar refractivity (Wildman–Crippen MR) is 61.9 cm³/mol. The van der Waals surface area contributed by atoms with Gasteiger partial charge in [-0.25, -0.2) is 9.97 Å². The molecule has 0 spiro atoms. The Hall–Kier alpha value is -1.32. The van der Waals surface area contributed by atoms with E-state index in [0.29, 0.717) is 15.7 Å². The Kier molecular flexibility index (Phi) is 2.75. The van der Waals surface area contributed by atoms with Crippen LogP contribution >= 0.6 is 23.2 Å². The second-order valence-corrected chi connectivity index (χ2v) is 3.68. The number of aromatic nitrogens is 2. The first-order valence-corrected chi connectivity index (χ1v) is 4.97. The van der Waals surface area contributed by atoms with E-state index in [4.69, 9.17) is 28.9 Å². The average Bonchev–Trinajstić information content (AvgIpc) is 2.20. The van der Waals surface area contributed by atoms with Crippen LogP contribution in [0.1, 0.15) is 0 Å². The first-order valence-electron chi connectivity index (χ1n) is 4.21. The Bertz CT molecular complexity index is 500. The minimum absolute atomic E-state index is 0.149. The van der Waals surface area contributed by atoms with Crippen molar-refractivity contribution >= 4 is 29.2 Å². The zero-order valence-electron chi connectivity index (χ0n) is 7.61. The van der Waals surface area contributed by atoms with Crippen LogP contribution in [-0.4, -0.2) is 9.97 Å². The van der Waals surface area contributed by atoms with Gasteiger partial charge in [0.2, 0.25) is 5.95 Å². The van der Waals surface area contributed by atoms with Gasteiger partial charge < -0.3 is 5.73 Å². The van der Waals surface area contributed by atoms with Gasteiger partial charge in [0.1, 0.15) is 5.15 Å². The van der Waals surface area contributed by atoms with Gasteiger partial charge in [-0.3, -0.25) is 0 Å². The van der Waals surface area contributed by atoms with Crippen LogP contribution in [-0.2, 0) is 0 Å². The number of benzene rings is 1. The molecule has 2 N–H and O–H groups in total. The van der Waals surface area contributed by atoms with Crippen LogP contribution in [0.5, 0.6) is 0 Å². The first kappa shape index (κ1) is 10.2. The molecule has 0 unspecified atom stereocenters. The Morgan fingerprint density at radius 3 is 2.47 bits per heavy atom. The van der Waals surface area contributed by atoms with Gasteiger partial charge in [-0.05, 0) is 6.07 Å². The number of nitrogens with zero attached hydrogens (tertiary/aromatic N) is 2. The molecule has 2 aromatic rings. The van der Waals surface area contributed by atoms with E-state index in [2.05, 4.69) is 9.97 Å². The van der Waals surface area contributed by atoms with Crippen molar-refractivity contribution in [3.63, 3.8) is 0 Å². The van der Waals surface area contributed by atoms with Crippen molar-refractivity contribution < 1.29 is 0 Å². The normalized spacial score (nSPS) is 10.3. The highest BCUT2D eigenvalue weighted by Gasteiger charge is 2.08. The van der Waals surface area contributed by atoms with E-state index < -0.39 is 0 Å². The third kappa shape index (κ3) is 2.03. The molecule has 1 heterocycles. The number of hydrogen-bond acceptors (Lipinski definition) is 3. The first-order chi connectivity index (χ1) is 7.18. The zero-order valence-corrected chi connectivity index (χ0v) is 9.13. The standard InChI is InChI=1S/C10H7Cl2N3/c11-8-4-2-1-3-6(8)7-5-14-10(13)15-9(7)12/h1-5H,(H2,13,14,15). The molecule has 76 valence electrons. The van der Waals surface area contributed by atoms with E-state index in [-0.39, 0.29) is 5.95 Å². The van der Waals surface area contributed by atoms with E-state index in [9.17, 15) is 0 Å². The van der Waals surface area contributed by atoms with Gasteiger partial charge in [0.05, 0.1) is 0 Å². The molecular formula is C10H7Cl2N3. The average molecular weight is 240 g/mol. The quantitative estimate of drug-likeness (QED) is 0.779. The maximum Gasteiger partial charge on any atom is 0.221 e. The van der Waals surface area contributed by atoms with Gasteiger partial charge >= 0.3 is 0 Å². The number of anilines is 1. The second-order valence-electron chi connectivity index (χ2n) is 2.91. The maximum atomic E-state index is 6.03. The lowest BCUT2D eigenvalue weighted by Crippen LogP contribution is -1.95. The van der Waals surface area contributed by atoms with Crippen LogP contribution in [0.3, 0.4) is 0 Å². The number of hydrogen-bond donors (Lipinski definition) is 1. The third-order valence-electron chi connectivity index (χ3n) is 1.92. The Morgan fingerprint density at radius 2 is 1.80 bits per heavy atom. The number of rotatable bonds is 1. The second kappa shape index (κ2) is 4.04. The molecule has 0 aliphatic carbocycles. The van der Waals surface area contributed by atoms with E-state index in [1.54, 1.807) is 12.3 Å². The number of nitrogen functional groups attached to an aromatic ring is 1. The van der Waals surface area contributed by atoms with Crippen molar-refractivity contribution in [1.82, 2.24) is 9.97 Å². The lowest BCUT2D eigenvalue weighted by Gasteiger charge is -2.05. The predicted octanol–water partition coefficient (Wildman–Crippen LogP) is 3.03. The third-order valence-corrected chi connectivity index (χ3v) is 2.54. The van der Waals surface area contributed by atoms with Gasteiger partial charge in [-0.2, -0.15) is 0 Å². The summed E-state index contributed by atoms with van der Waals surface area (Å²) < 4.78 is 0. The summed E-state index contributed by atoms with van der Waals surface area (Å²) in [5, 5.41) is 0.906. The van der Waals surface area contributed by atoms with Crippen LogP contribution in [0.15, 0.2) is 30.5 Å². The molecule has 0 aliphatic heterocycles. The molecule has 5 heteroatoms. The Labute approximate surface area is 96.9 Å². The smallest absolute Gasteiger partial charge is 0.221 e. The fourth-order valence-corrected chi connectivity index (χ4v) is 1.71. The molecule has 0 fully saturated rings. The van der Waals surface area contributed by atoms with Crippen molar-refractivity contribution in [2.24, 2.45) is 0 Å². The van der Waals surface area contributed by atoms with Crippen molar-refractivity contribution in [2.75, 3.05) is 5.73 Å². The summed E-state index contributed by atoms with van der Waals surface area (Å²) in [5.41, 5.74) is 6.88. The molecule has 0 saturated carbocycles. The molecule has 3 nitrogen and oxygen atoms in total. The van der Waals surface area contributed by atoms with Crippen LogP contribution in [0.4, 0.5) is 5.95 Å². The number of nitrogens with two attached hydrogens (primary N) is 1. The summed E-state index contributed by atoms with van der Waals surface area (Å²) in [6.07, 6.45) is 1.56. The van der Waals surface area contributed by atoms with Crippen LogP contribution in [0.2, 0.25) is 10.2 Å². The van der Waals surface area contributed by atoms with Gasteiger partial charge in [-0.15, -0.1) is 0 Å². The molecule has 15 heavy (non-hydrogen) atoms. The van der Waals surface area contributed by atoms with Crippen LogP contribution < -0.4 is 5.73 Å². The molecule has 0 atom stereocenters. The monoisotopic (exact) mass is 239 g/mol. The lowest BCUT2D eigenvalue weighted by molar-refractivity contribution is 1.19. The largest absolute Gasteiger partial charge is 0.368 e. The minimum Gasteiger partial charge on any atom is -0.368 e. The van der Waals surface area contributed by atoms with Crippen molar-refractivity contribution in [3.8, 4) is 11.1 Å².